The van der Waals surface area contributed by atoms with E-state index in [0.717, 1.165) is 32.1 Å². The molecule has 2 unspecified atom stereocenters. The minimum Gasteiger partial charge on any atom is -0.393 e. The lowest BCUT2D eigenvalue weighted by molar-refractivity contribution is 0.146. The molecule has 24 heavy (non-hydrogen) atoms. The Morgan fingerprint density at radius 2 is 1.12 bits per heavy atom. The second-order valence-corrected chi connectivity index (χ2v) is 8.84. The van der Waals surface area contributed by atoms with Gasteiger partial charge in [0.15, 0.2) is 0 Å². The molecule has 4 nitrogen and oxygen atoms in total. The van der Waals surface area contributed by atoms with Crippen molar-refractivity contribution in [3.63, 3.8) is 0 Å². The smallest absolute Gasteiger partial charge is 0.267 e. The monoisotopic (exact) mass is 364 g/mol. The lowest BCUT2D eigenvalue weighted by atomic mass is 10.0. The van der Waals surface area contributed by atoms with Crippen LogP contribution in [-0.2, 0) is 10.1 Å². The standard InChI is InChI=1S/C19H40O4S/c1-3-5-7-9-10-12-14-16-19(24(21,22)23)17-18(20)15-13-11-8-6-4-2/h18-20H,3-17H2,1-2H3,(H,21,22,23). The first-order chi connectivity index (χ1) is 11.4. The maximum atomic E-state index is 11.5. The van der Waals surface area contributed by atoms with Gasteiger partial charge in [-0.05, 0) is 19.3 Å². The molecular formula is C19H40O4S. The van der Waals surface area contributed by atoms with Crippen LogP contribution in [0.25, 0.3) is 0 Å². The third-order valence-corrected chi connectivity index (χ3v) is 6.00. The molecule has 2 atom stereocenters. The molecule has 0 amide bonds. The summed E-state index contributed by atoms with van der Waals surface area (Å²) >= 11 is 0. The van der Waals surface area contributed by atoms with Crippen molar-refractivity contribution in [1.82, 2.24) is 0 Å². The fourth-order valence-corrected chi connectivity index (χ4v) is 4.05. The van der Waals surface area contributed by atoms with Crippen LogP contribution in [0, 0.1) is 0 Å². The Kier molecular flexibility index (Phi) is 15.1. The highest BCUT2D eigenvalue weighted by Gasteiger charge is 2.25. The Morgan fingerprint density at radius 3 is 1.58 bits per heavy atom. The van der Waals surface area contributed by atoms with Gasteiger partial charge in [-0.25, -0.2) is 0 Å². The quantitative estimate of drug-likeness (QED) is 0.264. The molecule has 0 rings (SSSR count). The van der Waals surface area contributed by atoms with E-state index in [2.05, 4.69) is 13.8 Å². The van der Waals surface area contributed by atoms with Gasteiger partial charge in [0, 0.05) is 0 Å². The summed E-state index contributed by atoms with van der Waals surface area (Å²) in [5.41, 5.74) is 0. The van der Waals surface area contributed by atoms with Crippen LogP contribution in [0.4, 0.5) is 0 Å². The molecule has 0 aliphatic heterocycles. The number of aliphatic hydroxyl groups is 1. The topological polar surface area (TPSA) is 74.6 Å². The zero-order valence-electron chi connectivity index (χ0n) is 15.9. The Morgan fingerprint density at radius 1 is 0.708 bits per heavy atom. The van der Waals surface area contributed by atoms with Gasteiger partial charge in [-0.1, -0.05) is 90.9 Å². The zero-order chi connectivity index (χ0) is 18.3. The third-order valence-electron chi connectivity index (χ3n) is 4.73. The van der Waals surface area contributed by atoms with E-state index in [0.29, 0.717) is 12.8 Å². The van der Waals surface area contributed by atoms with Crippen LogP contribution in [0.2, 0.25) is 0 Å². The van der Waals surface area contributed by atoms with Gasteiger partial charge in [0.05, 0.1) is 11.4 Å². The van der Waals surface area contributed by atoms with E-state index in [4.69, 9.17) is 0 Å². The van der Waals surface area contributed by atoms with Crippen molar-refractivity contribution < 1.29 is 18.1 Å². The molecule has 5 heteroatoms. The van der Waals surface area contributed by atoms with Crippen LogP contribution in [0.1, 0.15) is 110 Å². The lowest BCUT2D eigenvalue weighted by Gasteiger charge is -2.18. The van der Waals surface area contributed by atoms with E-state index in [1.165, 1.54) is 44.9 Å². The van der Waals surface area contributed by atoms with Crippen LogP contribution >= 0.6 is 0 Å². The van der Waals surface area contributed by atoms with Crippen LogP contribution in [0.15, 0.2) is 0 Å². The van der Waals surface area contributed by atoms with E-state index >= 15 is 0 Å². The first-order valence-corrected chi connectivity index (χ1v) is 11.6. The molecule has 0 saturated carbocycles. The van der Waals surface area contributed by atoms with Gasteiger partial charge in [0.25, 0.3) is 10.1 Å². The maximum absolute atomic E-state index is 11.5. The number of rotatable bonds is 17. The van der Waals surface area contributed by atoms with E-state index < -0.39 is 21.5 Å². The fourth-order valence-electron chi connectivity index (χ4n) is 3.12. The molecular weight excluding hydrogens is 324 g/mol. The average molecular weight is 365 g/mol. The van der Waals surface area contributed by atoms with Gasteiger partial charge >= 0.3 is 0 Å². The van der Waals surface area contributed by atoms with Gasteiger partial charge in [0.2, 0.25) is 0 Å². The first kappa shape index (κ1) is 23.9. The molecule has 0 heterocycles. The first-order valence-electron chi connectivity index (χ1n) is 10.1. The number of unbranched alkanes of at least 4 members (excludes halogenated alkanes) is 10. The second-order valence-electron chi connectivity index (χ2n) is 7.14. The van der Waals surface area contributed by atoms with E-state index in [1.54, 1.807) is 0 Å². The van der Waals surface area contributed by atoms with Crippen molar-refractivity contribution in [2.24, 2.45) is 0 Å². The molecule has 0 aromatic heterocycles. The molecule has 2 N–H and O–H groups in total. The summed E-state index contributed by atoms with van der Waals surface area (Å²) in [6.45, 7) is 4.35. The normalized spacial score (nSPS) is 14.7. The van der Waals surface area contributed by atoms with Gasteiger partial charge in [-0.15, -0.1) is 0 Å². The summed E-state index contributed by atoms with van der Waals surface area (Å²) in [7, 11) is -4.06. The molecule has 0 aromatic carbocycles. The summed E-state index contributed by atoms with van der Waals surface area (Å²) in [6, 6.07) is 0. The Labute approximate surface area is 150 Å². The van der Waals surface area contributed by atoms with Crippen molar-refractivity contribution in [2.75, 3.05) is 0 Å². The van der Waals surface area contributed by atoms with Crippen LogP contribution < -0.4 is 0 Å². The molecule has 0 saturated heterocycles. The summed E-state index contributed by atoms with van der Waals surface area (Å²) in [6.07, 6.45) is 14.1. The molecule has 146 valence electrons. The zero-order valence-corrected chi connectivity index (χ0v) is 16.7. The van der Waals surface area contributed by atoms with Gasteiger partial charge in [0.1, 0.15) is 0 Å². The second kappa shape index (κ2) is 15.2. The molecule has 0 aromatic rings. The van der Waals surface area contributed by atoms with Crippen LogP contribution in [0.5, 0.6) is 0 Å². The minimum absolute atomic E-state index is 0.169. The molecule has 0 aliphatic carbocycles. The number of aliphatic hydroxyl groups excluding tert-OH is 1. The predicted molar refractivity (Wildman–Crippen MR) is 102 cm³/mol. The molecule has 0 spiro atoms. The van der Waals surface area contributed by atoms with E-state index in [1.807, 2.05) is 0 Å². The number of hydrogen-bond donors (Lipinski definition) is 2. The molecule has 0 fully saturated rings. The minimum atomic E-state index is -4.06. The van der Waals surface area contributed by atoms with E-state index in [9.17, 15) is 18.1 Å². The molecule has 0 aliphatic rings. The third kappa shape index (κ3) is 14.2. The van der Waals surface area contributed by atoms with Crippen molar-refractivity contribution in [3.8, 4) is 0 Å². The Hall–Kier alpha value is -0.130. The highest BCUT2D eigenvalue weighted by Crippen LogP contribution is 2.19. The van der Waals surface area contributed by atoms with Gasteiger partial charge in [-0.2, -0.15) is 8.42 Å². The fraction of sp³-hybridized carbons (Fsp3) is 1.00. The maximum Gasteiger partial charge on any atom is 0.267 e. The van der Waals surface area contributed by atoms with Crippen LogP contribution in [-0.4, -0.2) is 29.4 Å². The van der Waals surface area contributed by atoms with E-state index in [-0.39, 0.29) is 6.42 Å². The van der Waals surface area contributed by atoms with Gasteiger partial charge in [-0.3, -0.25) is 4.55 Å². The average Bonchev–Trinajstić information content (AvgIpc) is 2.51. The highest BCUT2D eigenvalue weighted by atomic mass is 32.2. The highest BCUT2D eigenvalue weighted by molar-refractivity contribution is 7.86. The summed E-state index contributed by atoms with van der Waals surface area (Å²) in [5, 5.41) is 9.26. The van der Waals surface area contributed by atoms with Crippen molar-refractivity contribution in [2.45, 2.75) is 122 Å². The molecule has 0 radical (unpaired) electrons. The molecule has 0 bridgehead atoms. The largest absolute Gasteiger partial charge is 0.393 e. The Bertz CT molecular complexity index is 368. The summed E-state index contributed by atoms with van der Waals surface area (Å²) in [5.74, 6) is 0. The van der Waals surface area contributed by atoms with Crippen LogP contribution in [0.3, 0.4) is 0 Å². The SMILES string of the molecule is CCCCCCCCCC(CC(O)CCCCCCC)S(=O)(=O)O. The summed E-state index contributed by atoms with van der Waals surface area (Å²) < 4.78 is 32.5. The summed E-state index contributed by atoms with van der Waals surface area (Å²) in [4.78, 5) is 0. The number of hydrogen-bond acceptors (Lipinski definition) is 3. The Balaban J connectivity index is 3.97. The lowest BCUT2D eigenvalue weighted by Crippen LogP contribution is -2.26. The van der Waals surface area contributed by atoms with Crippen molar-refractivity contribution >= 4 is 10.1 Å². The van der Waals surface area contributed by atoms with Crippen molar-refractivity contribution in [3.05, 3.63) is 0 Å². The van der Waals surface area contributed by atoms with Crippen molar-refractivity contribution in [1.29, 1.82) is 0 Å². The predicted octanol–water partition coefficient (Wildman–Crippen LogP) is 5.50. The van der Waals surface area contributed by atoms with Gasteiger partial charge < -0.3 is 5.11 Å².